The molecule has 1 aliphatic heterocycles. The number of hydrogen-bond donors (Lipinski definition) is 0. The lowest BCUT2D eigenvalue weighted by molar-refractivity contribution is 0.338. The normalized spacial score (nSPS) is 15.6. The van der Waals surface area contributed by atoms with E-state index >= 15 is 0 Å². The molecular formula is C13H16ClN5. The summed E-state index contributed by atoms with van der Waals surface area (Å²) >= 11 is 5.85. The molecule has 5 nitrogen and oxygen atoms in total. The van der Waals surface area contributed by atoms with Crippen LogP contribution in [-0.4, -0.2) is 32.8 Å². The molecule has 6 heteroatoms. The van der Waals surface area contributed by atoms with Crippen molar-refractivity contribution in [3.05, 3.63) is 34.9 Å². The summed E-state index contributed by atoms with van der Waals surface area (Å²) in [6.07, 6.45) is 3.53. The molecular weight excluding hydrogens is 262 g/mol. The molecule has 0 amide bonds. The minimum Gasteiger partial charge on any atom is -0.340 e. The average Bonchev–Trinajstić information content (AvgIpc) is 2.67. The molecule has 1 aliphatic rings. The van der Waals surface area contributed by atoms with Gasteiger partial charge in [0, 0.05) is 43.1 Å². The van der Waals surface area contributed by atoms with Crippen molar-refractivity contribution < 1.29 is 0 Å². The molecule has 3 heterocycles. The highest BCUT2D eigenvalue weighted by molar-refractivity contribution is 6.30. The van der Waals surface area contributed by atoms with Gasteiger partial charge in [0.1, 0.15) is 0 Å². The van der Waals surface area contributed by atoms with Gasteiger partial charge in [-0.3, -0.25) is 4.68 Å². The quantitative estimate of drug-likeness (QED) is 0.862. The fourth-order valence-electron chi connectivity index (χ4n) is 2.40. The van der Waals surface area contributed by atoms with Crippen LogP contribution in [0.2, 0.25) is 5.02 Å². The van der Waals surface area contributed by atoms with Crippen LogP contribution in [0.15, 0.2) is 18.5 Å². The third kappa shape index (κ3) is 2.71. The molecule has 3 rings (SSSR count). The van der Waals surface area contributed by atoms with E-state index in [-0.39, 0.29) is 0 Å². The van der Waals surface area contributed by atoms with E-state index in [2.05, 4.69) is 20.0 Å². The van der Waals surface area contributed by atoms with Gasteiger partial charge in [-0.15, -0.1) is 0 Å². The summed E-state index contributed by atoms with van der Waals surface area (Å²) in [5.74, 6) is 1.42. The molecule has 0 N–H and O–H groups in total. The summed E-state index contributed by atoms with van der Waals surface area (Å²) in [7, 11) is 0. The Kier molecular flexibility index (Phi) is 3.14. The molecule has 0 unspecified atom stereocenters. The van der Waals surface area contributed by atoms with Crippen molar-refractivity contribution in [1.82, 2.24) is 19.7 Å². The van der Waals surface area contributed by atoms with Gasteiger partial charge >= 0.3 is 0 Å². The molecule has 1 fully saturated rings. The van der Waals surface area contributed by atoms with Crippen LogP contribution in [0.25, 0.3) is 0 Å². The standard InChI is InChI=1S/C13H16ClN5/c1-9-3-10(2)17-13(16-9)18-5-11(6-18)7-19-8-12(14)4-15-19/h3-4,8,11H,5-7H2,1-2H3. The number of aryl methyl sites for hydroxylation is 2. The summed E-state index contributed by atoms with van der Waals surface area (Å²) in [5, 5.41) is 4.89. The van der Waals surface area contributed by atoms with E-state index in [1.165, 1.54) is 0 Å². The van der Waals surface area contributed by atoms with Crippen LogP contribution in [0.4, 0.5) is 5.95 Å². The zero-order chi connectivity index (χ0) is 13.4. The molecule has 0 aliphatic carbocycles. The van der Waals surface area contributed by atoms with Gasteiger partial charge in [0.25, 0.3) is 0 Å². The zero-order valence-corrected chi connectivity index (χ0v) is 11.8. The Morgan fingerprint density at radius 1 is 1.26 bits per heavy atom. The third-order valence-electron chi connectivity index (χ3n) is 3.26. The first-order chi connectivity index (χ1) is 9.10. The molecule has 0 spiro atoms. The number of nitrogens with zero attached hydrogens (tertiary/aromatic N) is 5. The van der Waals surface area contributed by atoms with Crippen molar-refractivity contribution in [2.45, 2.75) is 20.4 Å². The first-order valence-corrected chi connectivity index (χ1v) is 6.73. The van der Waals surface area contributed by atoms with Crippen molar-refractivity contribution >= 4 is 17.5 Å². The lowest BCUT2D eigenvalue weighted by Crippen LogP contribution is -2.49. The largest absolute Gasteiger partial charge is 0.340 e. The van der Waals surface area contributed by atoms with Crippen molar-refractivity contribution in [2.24, 2.45) is 5.92 Å². The Morgan fingerprint density at radius 3 is 2.53 bits per heavy atom. The maximum Gasteiger partial charge on any atom is 0.225 e. The van der Waals surface area contributed by atoms with Crippen LogP contribution < -0.4 is 4.90 Å². The van der Waals surface area contributed by atoms with Crippen LogP contribution >= 0.6 is 11.6 Å². The average molecular weight is 278 g/mol. The maximum atomic E-state index is 5.85. The van der Waals surface area contributed by atoms with E-state index in [0.29, 0.717) is 10.9 Å². The molecule has 0 bridgehead atoms. The second-order valence-electron chi connectivity index (χ2n) is 5.10. The van der Waals surface area contributed by atoms with E-state index in [9.17, 15) is 0 Å². The fraction of sp³-hybridized carbons (Fsp3) is 0.462. The Bertz CT molecular complexity index is 568. The molecule has 1 saturated heterocycles. The van der Waals surface area contributed by atoms with Crippen LogP contribution in [0.3, 0.4) is 0 Å². The topological polar surface area (TPSA) is 46.8 Å². The number of aromatic nitrogens is 4. The Labute approximate surface area is 117 Å². The molecule has 0 aromatic carbocycles. The minimum absolute atomic E-state index is 0.584. The van der Waals surface area contributed by atoms with Gasteiger partial charge in [0.05, 0.1) is 11.2 Å². The Hall–Kier alpha value is -1.62. The highest BCUT2D eigenvalue weighted by Crippen LogP contribution is 2.23. The van der Waals surface area contributed by atoms with Gasteiger partial charge in [0.2, 0.25) is 5.95 Å². The van der Waals surface area contributed by atoms with Gasteiger partial charge in [-0.25, -0.2) is 9.97 Å². The third-order valence-corrected chi connectivity index (χ3v) is 3.45. The predicted molar refractivity (Wildman–Crippen MR) is 74.4 cm³/mol. The smallest absolute Gasteiger partial charge is 0.225 e. The van der Waals surface area contributed by atoms with Gasteiger partial charge in [-0.2, -0.15) is 5.10 Å². The van der Waals surface area contributed by atoms with Crippen molar-refractivity contribution in [3.8, 4) is 0 Å². The van der Waals surface area contributed by atoms with E-state index in [4.69, 9.17) is 11.6 Å². The number of anilines is 1. The first-order valence-electron chi connectivity index (χ1n) is 6.35. The van der Waals surface area contributed by atoms with Crippen LogP contribution in [-0.2, 0) is 6.54 Å². The molecule has 2 aromatic heterocycles. The summed E-state index contributed by atoms with van der Waals surface area (Å²) in [6.45, 7) is 6.84. The minimum atomic E-state index is 0.584. The van der Waals surface area contributed by atoms with Crippen molar-refractivity contribution in [3.63, 3.8) is 0 Å². The maximum absolute atomic E-state index is 5.85. The van der Waals surface area contributed by atoms with Gasteiger partial charge in [-0.05, 0) is 19.9 Å². The van der Waals surface area contributed by atoms with E-state index < -0.39 is 0 Å². The van der Waals surface area contributed by atoms with E-state index in [1.807, 2.05) is 30.8 Å². The highest BCUT2D eigenvalue weighted by Gasteiger charge is 2.29. The Balaban J connectivity index is 1.60. The summed E-state index contributed by atoms with van der Waals surface area (Å²) < 4.78 is 1.90. The molecule has 19 heavy (non-hydrogen) atoms. The van der Waals surface area contributed by atoms with E-state index in [1.54, 1.807) is 6.20 Å². The Morgan fingerprint density at radius 2 is 1.95 bits per heavy atom. The second kappa shape index (κ2) is 4.81. The molecule has 0 atom stereocenters. The van der Waals surface area contributed by atoms with Crippen LogP contribution in [0.5, 0.6) is 0 Å². The summed E-state index contributed by atoms with van der Waals surface area (Å²) in [4.78, 5) is 11.1. The second-order valence-corrected chi connectivity index (χ2v) is 5.54. The number of halogens is 1. The first kappa shape index (κ1) is 12.4. The predicted octanol–water partition coefficient (Wildman–Crippen LogP) is 2.08. The molecule has 0 radical (unpaired) electrons. The molecule has 2 aromatic rings. The summed E-state index contributed by atoms with van der Waals surface area (Å²) in [5.41, 5.74) is 2.04. The highest BCUT2D eigenvalue weighted by atomic mass is 35.5. The van der Waals surface area contributed by atoms with Crippen molar-refractivity contribution in [1.29, 1.82) is 0 Å². The van der Waals surface area contributed by atoms with Gasteiger partial charge in [0.15, 0.2) is 0 Å². The number of hydrogen-bond acceptors (Lipinski definition) is 4. The molecule has 100 valence electrons. The SMILES string of the molecule is Cc1cc(C)nc(N2CC(Cn3cc(Cl)cn3)C2)n1. The van der Waals surface area contributed by atoms with E-state index in [0.717, 1.165) is 37.0 Å². The lowest BCUT2D eigenvalue weighted by Gasteiger charge is -2.39. The lowest BCUT2D eigenvalue weighted by atomic mass is 10.0. The molecule has 0 saturated carbocycles. The fourth-order valence-corrected chi connectivity index (χ4v) is 2.56. The van der Waals surface area contributed by atoms with Crippen LogP contribution in [0, 0.1) is 19.8 Å². The van der Waals surface area contributed by atoms with Crippen LogP contribution in [0.1, 0.15) is 11.4 Å². The van der Waals surface area contributed by atoms with Gasteiger partial charge < -0.3 is 4.90 Å². The van der Waals surface area contributed by atoms with Gasteiger partial charge in [-0.1, -0.05) is 11.6 Å². The van der Waals surface area contributed by atoms with Crippen molar-refractivity contribution in [2.75, 3.05) is 18.0 Å². The zero-order valence-electron chi connectivity index (χ0n) is 11.0. The monoisotopic (exact) mass is 277 g/mol. The summed E-state index contributed by atoms with van der Waals surface area (Å²) in [6, 6.07) is 1.99. The number of rotatable bonds is 3.